The van der Waals surface area contributed by atoms with Crippen LogP contribution >= 0.6 is 0 Å². The Morgan fingerprint density at radius 2 is 1.41 bits per heavy atom. The summed E-state index contributed by atoms with van der Waals surface area (Å²) < 4.78 is 4.65. The van der Waals surface area contributed by atoms with Crippen molar-refractivity contribution in [1.29, 1.82) is 0 Å². The third-order valence-electron chi connectivity index (χ3n) is 6.67. The molecule has 0 aliphatic carbocycles. The van der Waals surface area contributed by atoms with Crippen LogP contribution in [0.1, 0.15) is 0 Å². The van der Waals surface area contributed by atoms with Crippen molar-refractivity contribution < 1.29 is 5.11 Å². The van der Waals surface area contributed by atoms with E-state index in [1.54, 1.807) is 6.07 Å². The molecule has 1 N–H and O–H groups in total. The molecule has 3 nitrogen and oxygen atoms in total. The first kappa shape index (κ1) is 15.3. The van der Waals surface area contributed by atoms with Crippen molar-refractivity contribution >= 4 is 73.2 Å². The lowest BCUT2D eigenvalue weighted by Gasteiger charge is -2.06. The summed E-state index contributed by atoms with van der Waals surface area (Å²) >= 11 is 0. The molecule has 0 aliphatic heterocycles. The summed E-state index contributed by atoms with van der Waals surface area (Å²) in [7, 11) is 4.34. The maximum atomic E-state index is 10.3. The molecule has 0 amide bonds. The van der Waals surface area contributed by atoms with Gasteiger partial charge in [0.15, 0.2) is 0 Å². The average molecular weight is 372 g/mol. The van der Waals surface area contributed by atoms with E-state index in [1.165, 1.54) is 59.8 Å². The lowest BCUT2D eigenvalue weighted by molar-refractivity contribution is 0.476. The van der Waals surface area contributed by atoms with Gasteiger partial charge in [-0.2, -0.15) is 0 Å². The Balaban J connectivity index is 2.05. The number of aryl methyl sites for hydroxylation is 1. The number of benzene rings is 4. The normalized spacial score (nSPS) is 12.6. The van der Waals surface area contributed by atoms with Crippen molar-refractivity contribution in [3.63, 3.8) is 0 Å². The van der Waals surface area contributed by atoms with Crippen molar-refractivity contribution in [3.05, 3.63) is 66.7 Å². The number of phenols is 1. The Morgan fingerprint density at radius 1 is 0.690 bits per heavy atom. The molecule has 7 aromatic rings. The van der Waals surface area contributed by atoms with Crippen LogP contribution in [0.4, 0.5) is 0 Å². The molecule has 136 valence electrons. The van der Waals surface area contributed by atoms with Crippen molar-refractivity contribution in [2.45, 2.75) is 0 Å². The van der Waals surface area contributed by atoms with E-state index >= 15 is 0 Å². The van der Waals surface area contributed by atoms with Gasteiger partial charge in [0.1, 0.15) is 13.6 Å². The van der Waals surface area contributed by atoms with Crippen LogP contribution in [0.15, 0.2) is 66.7 Å². The Labute approximate surface area is 167 Å². The monoisotopic (exact) mass is 372 g/mol. The van der Waals surface area contributed by atoms with Gasteiger partial charge < -0.3 is 14.1 Å². The summed E-state index contributed by atoms with van der Waals surface area (Å²) in [6, 6.07) is 23.3. The Hall–Kier alpha value is -3.66. The van der Waals surface area contributed by atoms with Crippen LogP contribution in [0.25, 0.3) is 59.9 Å². The van der Waals surface area contributed by atoms with Gasteiger partial charge in [0, 0.05) is 45.6 Å². The van der Waals surface area contributed by atoms with Gasteiger partial charge >= 0.3 is 0 Å². The van der Waals surface area contributed by atoms with E-state index in [9.17, 15) is 5.11 Å². The van der Waals surface area contributed by atoms with Crippen molar-refractivity contribution in [1.82, 2.24) is 8.97 Å². The van der Waals surface area contributed by atoms with Crippen LogP contribution in [0.3, 0.4) is 0 Å². The maximum absolute atomic E-state index is 10.3. The summed E-state index contributed by atoms with van der Waals surface area (Å²) in [5, 5.41) is 17.9. The van der Waals surface area contributed by atoms with Crippen molar-refractivity contribution in [3.8, 4) is 5.75 Å². The molecular formula is C25H17BN2O. The number of aromatic nitrogens is 2. The van der Waals surface area contributed by atoms with Crippen LogP contribution in [-0.2, 0) is 7.05 Å². The molecule has 0 saturated heterocycles. The molecule has 0 aliphatic rings. The van der Waals surface area contributed by atoms with Gasteiger partial charge in [-0.3, -0.25) is 0 Å². The van der Waals surface area contributed by atoms with E-state index in [0.29, 0.717) is 5.75 Å². The Kier molecular flexibility index (Phi) is 2.55. The van der Waals surface area contributed by atoms with Gasteiger partial charge in [-0.05, 0) is 35.7 Å². The van der Waals surface area contributed by atoms with Crippen LogP contribution in [-0.4, -0.2) is 21.9 Å². The summed E-state index contributed by atoms with van der Waals surface area (Å²) in [5.74, 6) is 0.293. The van der Waals surface area contributed by atoms with Gasteiger partial charge in [0.2, 0.25) is 0 Å². The second-order valence-corrected chi connectivity index (χ2v) is 8.12. The molecule has 7 rings (SSSR count). The smallest absolute Gasteiger partial charge is 0.140 e. The first-order valence-electron chi connectivity index (χ1n) is 9.93. The molecule has 3 heterocycles. The highest BCUT2D eigenvalue weighted by Gasteiger charge is 2.20. The van der Waals surface area contributed by atoms with E-state index in [1.807, 2.05) is 12.1 Å². The highest BCUT2D eigenvalue weighted by Crippen LogP contribution is 2.42. The van der Waals surface area contributed by atoms with E-state index < -0.39 is 0 Å². The number of hydrogen-bond donors (Lipinski definition) is 1. The molecule has 0 saturated carbocycles. The van der Waals surface area contributed by atoms with Gasteiger partial charge in [-0.15, -0.1) is 0 Å². The zero-order valence-electron chi connectivity index (χ0n) is 16.2. The van der Waals surface area contributed by atoms with E-state index in [2.05, 4.69) is 72.4 Å². The Morgan fingerprint density at radius 3 is 2.28 bits per heavy atom. The fourth-order valence-corrected chi connectivity index (χ4v) is 5.46. The summed E-state index contributed by atoms with van der Waals surface area (Å²) in [5.41, 5.74) is 7.19. The minimum Gasteiger partial charge on any atom is -0.508 e. The summed E-state index contributed by atoms with van der Waals surface area (Å²) in [6.07, 6.45) is 0. The van der Waals surface area contributed by atoms with E-state index in [-0.39, 0.29) is 0 Å². The quantitative estimate of drug-likeness (QED) is 0.392. The molecule has 4 heteroatoms. The first-order chi connectivity index (χ1) is 14.1. The second kappa shape index (κ2) is 4.84. The molecule has 29 heavy (non-hydrogen) atoms. The molecule has 4 aromatic carbocycles. The molecule has 3 aromatic heterocycles. The third-order valence-corrected chi connectivity index (χ3v) is 6.67. The van der Waals surface area contributed by atoms with Gasteiger partial charge in [-0.1, -0.05) is 35.8 Å². The summed E-state index contributed by atoms with van der Waals surface area (Å²) in [6.45, 7) is 0. The molecule has 0 spiro atoms. The molecule has 0 bridgehead atoms. The molecule has 0 unspecified atom stereocenters. The largest absolute Gasteiger partial charge is 0.508 e. The van der Waals surface area contributed by atoms with Gasteiger partial charge in [0.25, 0.3) is 0 Å². The predicted octanol–water partition coefficient (Wildman–Crippen LogP) is 4.45. The van der Waals surface area contributed by atoms with E-state index in [4.69, 9.17) is 0 Å². The van der Waals surface area contributed by atoms with Crippen LogP contribution in [0.2, 0.25) is 0 Å². The Bertz CT molecular complexity index is 1790. The van der Waals surface area contributed by atoms with Gasteiger partial charge in [0.05, 0.1) is 22.1 Å². The maximum Gasteiger partial charge on any atom is 0.140 e. The van der Waals surface area contributed by atoms with Crippen LogP contribution in [0, 0.1) is 0 Å². The lowest BCUT2D eigenvalue weighted by atomic mass is 9.88. The fourth-order valence-electron chi connectivity index (χ4n) is 5.46. The number of rotatable bonds is 0. The standard InChI is InChI=1S/C25H17BN2O/c1-27-18-5-2-4-16-22-17(26)11-10-15-14-9-8-13(29)12-21(14)28(25(15)22)20-7-3-6-19(27)24(20)23(16)18/h2-12,29H,26H2,1H3. The number of phenolic OH excluding ortho intramolecular Hbond substituents is 1. The number of fused-ring (bicyclic) bond motifs is 5. The molecule has 0 radical (unpaired) electrons. The summed E-state index contributed by atoms with van der Waals surface area (Å²) in [4.78, 5) is 0. The lowest BCUT2D eigenvalue weighted by Crippen LogP contribution is -2.03. The van der Waals surface area contributed by atoms with Gasteiger partial charge in [-0.25, -0.2) is 0 Å². The SMILES string of the molecule is Bc1ccc2c3ccc(O)cc3n3c4cccc5c4c4c(cccc4n5C)c1c23. The highest BCUT2D eigenvalue weighted by molar-refractivity contribution is 6.45. The number of nitrogens with zero attached hydrogens (tertiary/aromatic N) is 2. The van der Waals surface area contributed by atoms with Crippen molar-refractivity contribution in [2.24, 2.45) is 7.05 Å². The molecule has 0 fully saturated rings. The second-order valence-electron chi connectivity index (χ2n) is 8.12. The zero-order valence-corrected chi connectivity index (χ0v) is 16.2. The zero-order chi connectivity index (χ0) is 19.4. The van der Waals surface area contributed by atoms with Crippen molar-refractivity contribution in [2.75, 3.05) is 0 Å². The topological polar surface area (TPSA) is 29.6 Å². The van der Waals surface area contributed by atoms with Crippen LogP contribution in [0.5, 0.6) is 5.75 Å². The van der Waals surface area contributed by atoms with E-state index in [0.717, 1.165) is 5.52 Å². The predicted molar refractivity (Wildman–Crippen MR) is 125 cm³/mol. The van der Waals surface area contributed by atoms with Crippen LogP contribution < -0.4 is 5.46 Å². The number of hydrogen-bond acceptors (Lipinski definition) is 1. The highest BCUT2D eigenvalue weighted by atomic mass is 16.3. The molecular weight excluding hydrogens is 355 g/mol. The molecule has 0 atom stereocenters. The first-order valence-corrected chi connectivity index (χ1v) is 9.93. The number of aromatic hydroxyl groups is 1. The minimum absolute atomic E-state index is 0.293. The fraction of sp³-hybridized carbons (Fsp3) is 0.0400. The third kappa shape index (κ3) is 1.63. The average Bonchev–Trinajstić information content (AvgIpc) is 3.15. The minimum atomic E-state index is 0.293.